The highest BCUT2D eigenvalue weighted by molar-refractivity contribution is 7.14. The van der Waals surface area contributed by atoms with Gasteiger partial charge in [-0.2, -0.15) is 0 Å². The number of amides is 1. The fraction of sp³-hybridized carbons (Fsp3) is 0.414. The van der Waals surface area contributed by atoms with Crippen LogP contribution in [0.15, 0.2) is 54.7 Å². The van der Waals surface area contributed by atoms with E-state index in [9.17, 15) is 9.59 Å². The molecule has 2 N–H and O–H groups in total. The van der Waals surface area contributed by atoms with E-state index in [1.165, 1.54) is 16.9 Å². The zero-order chi connectivity index (χ0) is 26.5. The number of aliphatic carboxylic acids is 1. The van der Waals surface area contributed by atoms with E-state index in [1.54, 1.807) is 12.3 Å². The zero-order valence-electron chi connectivity index (χ0n) is 21.9. The molecule has 0 aliphatic carbocycles. The molecule has 36 heavy (non-hydrogen) atoms. The van der Waals surface area contributed by atoms with Crippen molar-refractivity contribution < 1.29 is 19.4 Å². The highest BCUT2D eigenvalue weighted by atomic mass is 32.1. The maximum Gasteiger partial charge on any atom is 0.305 e. The normalized spacial score (nSPS) is 12.7. The fourth-order valence-corrected chi connectivity index (χ4v) is 4.65. The third-order valence-electron chi connectivity index (χ3n) is 5.65. The van der Waals surface area contributed by atoms with Gasteiger partial charge in [-0.3, -0.25) is 14.6 Å². The Balaban J connectivity index is 1.74. The van der Waals surface area contributed by atoms with Crippen molar-refractivity contribution in [3.8, 4) is 17.0 Å². The molecule has 0 aliphatic heterocycles. The molecule has 1 atom stereocenters. The molecule has 2 aromatic heterocycles. The third-order valence-corrected chi connectivity index (χ3v) is 6.83. The maximum absolute atomic E-state index is 12.4. The Morgan fingerprint density at radius 3 is 2.25 bits per heavy atom. The number of hydrogen-bond acceptors (Lipinski definition) is 5. The number of nitrogens with one attached hydrogen (secondary N) is 1. The number of carbonyl (C=O) groups excluding carboxylic acids is 1. The molecule has 0 aliphatic rings. The molecule has 1 aromatic carbocycles. The second-order valence-electron chi connectivity index (χ2n) is 11.2. The lowest BCUT2D eigenvalue weighted by Gasteiger charge is -2.26. The Hall–Kier alpha value is -3.19. The molecule has 3 aromatic rings. The van der Waals surface area contributed by atoms with E-state index in [-0.39, 0.29) is 35.8 Å². The largest absolute Gasteiger partial charge is 0.483 e. The molecule has 0 saturated heterocycles. The molecule has 0 saturated carbocycles. The molecule has 6 nitrogen and oxygen atoms in total. The van der Waals surface area contributed by atoms with Gasteiger partial charge in [-0.15, -0.1) is 11.3 Å². The van der Waals surface area contributed by atoms with Gasteiger partial charge in [-0.25, -0.2) is 0 Å². The monoisotopic (exact) mass is 508 g/mol. The summed E-state index contributed by atoms with van der Waals surface area (Å²) in [6.45, 7) is 13.1. The van der Waals surface area contributed by atoms with Crippen LogP contribution in [-0.2, 0) is 10.2 Å². The van der Waals surface area contributed by atoms with Crippen molar-refractivity contribution in [2.75, 3.05) is 6.54 Å². The summed E-state index contributed by atoms with van der Waals surface area (Å²) in [7, 11) is 0. The van der Waals surface area contributed by atoms with Gasteiger partial charge < -0.3 is 15.2 Å². The molecule has 1 unspecified atom stereocenters. The van der Waals surface area contributed by atoms with Gasteiger partial charge >= 0.3 is 5.97 Å². The van der Waals surface area contributed by atoms with Crippen molar-refractivity contribution in [1.29, 1.82) is 0 Å². The molecule has 0 fully saturated rings. The standard InChI is InChI=1S/C29H36N2O4S/c1-28(2,3)17-23(24-13-14-25(36-24)27(34)30-16-15-26(32)33)35-21-11-12-22(31-18-21)19-7-9-20(10-8-19)29(4,5)6/h7-14,18,23H,15-17H2,1-6H3,(H,30,34)(H,32,33). The fourth-order valence-electron chi connectivity index (χ4n) is 3.70. The van der Waals surface area contributed by atoms with Crippen molar-refractivity contribution in [3.63, 3.8) is 0 Å². The molecule has 3 rings (SSSR count). The Morgan fingerprint density at radius 2 is 1.69 bits per heavy atom. The SMILES string of the molecule is CC(C)(C)CC(Oc1ccc(-c2ccc(C(C)(C)C)cc2)nc1)c1ccc(C(=O)NCCC(=O)O)s1. The lowest BCUT2D eigenvalue weighted by Crippen LogP contribution is -2.25. The minimum absolute atomic E-state index is 0.000730. The average Bonchev–Trinajstić information content (AvgIpc) is 3.28. The van der Waals surface area contributed by atoms with Gasteiger partial charge in [-0.1, -0.05) is 65.8 Å². The van der Waals surface area contributed by atoms with Crippen molar-refractivity contribution in [3.05, 3.63) is 70.0 Å². The van der Waals surface area contributed by atoms with Crippen LogP contribution >= 0.6 is 11.3 Å². The highest BCUT2D eigenvalue weighted by Crippen LogP contribution is 2.37. The number of pyridine rings is 1. The lowest BCUT2D eigenvalue weighted by molar-refractivity contribution is -0.136. The van der Waals surface area contributed by atoms with Crippen LogP contribution in [0.1, 0.15) is 80.6 Å². The number of nitrogens with zero attached hydrogens (tertiary/aromatic N) is 1. The highest BCUT2D eigenvalue weighted by Gasteiger charge is 2.25. The van der Waals surface area contributed by atoms with E-state index in [4.69, 9.17) is 9.84 Å². The summed E-state index contributed by atoms with van der Waals surface area (Å²) in [5, 5.41) is 11.4. The summed E-state index contributed by atoms with van der Waals surface area (Å²) >= 11 is 1.37. The van der Waals surface area contributed by atoms with E-state index in [0.29, 0.717) is 10.6 Å². The second kappa shape index (κ2) is 11.2. The molecule has 2 heterocycles. The van der Waals surface area contributed by atoms with Crippen molar-refractivity contribution >= 4 is 23.2 Å². The van der Waals surface area contributed by atoms with Crippen LogP contribution in [0.4, 0.5) is 0 Å². The first-order valence-electron chi connectivity index (χ1n) is 12.2. The number of carbonyl (C=O) groups is 2. The molecule has 0 spiro atoms. The number of benzene rings is 1. The average molecular weight is 509 g/mol. The third kappa shape index (κ3) is 7.92. The Kier molecular flexibility index (Phi) is 8.56. The van der Waals surface area contributed by atoms with E-state index in [2.05, 4.69) is 76.1 Å². The first-order valence-corrected chi connectivity index (χ1v) is 13.0. The topological polar surface area (TPSA) is 88.5 Å². The predicted molar refractivity (Wildman–Crippen MR) is 145 cm³/mol. The van der Waals surface area contributed by atoms with Gasteiger partial charge in [0.15, 0.2) is 0 Å². The van der Waals surface area contributed by atoms with Crippen LogP contribution < -0.4 is 10.1 Å². The zero-order valence-corrected chi connectivity index (χ0v) is 22.7. The van der Waals surface area contributed by atoms with Crippen LogP contribution in [0.25, 0.3) is 11.3 Å². The van der Waals surface area contributed by atoms with Gasteiger partial charge in [0.05, 0.1) is 23.2 Å². The number of rotatable bonds is 9. The smallest absolute Gasteiger partial charge is 0.305 e. The van der Waals surface area contributed by atoms with Crippen LogP contribution in [0.5, 0.6) is 5.75 Å². The molecule has 7 heteroatoms. The number of ether oxygens (including phenoxy) is 1. The lowest BCUT2D eigenvalue weighted by atomic mass is 9.86. The molecule has 0 radical (unpaired) electrons. The first kappa shape index (κ1) is 27.4. The number of carboxylic acids is 1. The second-order valence-corrected chi connectivity index (χ2v) is 12.3. The molecule has 0 bridgehead atoms. The summed E-state index contributed by atoms with van der Waals surface area (Å²) in [4.78, 5) is 29.2. The van der Waals surface area contributed by atoms with Crippen molar-refractivity contribution in [2.24, 2.45) is 5.41 Å². The van der Waals surface area contributed by atoms with Crippen molar-refractivity contribution in [1.82, 2.24) is 10.3 Å². The Labute approximate surface area is 217 Å². The van der Waals surface area contributed by atoms with E-state index in [1.807, 2.05) is 18.2 Å². The van der Waals surface area contributed by atoms with Crippen LogP contribution in [0, 0.1) is 5.41 Å². The van der Waals surface area contributed by atoms with Crippen molar-refractivity contribution in [2.45, 2.75) is 65.9 Å². The van der Waals surface area contributed by atoms with Crippen LogP contribution in [0.2, 0.25) is 0 Å². The minimum Gasteiger partial charge on any atom is -0.483 e. The maximum atomic E-state index is 12.4. The molecule has 1 amide bonds. The Bertz CT molecular complexity index is 1170. The van der Waals surface area contributed by atoms with Gasteiger partial charge in [0.1, 0.15) is 11.9 Å². The number of aromatic nitrogens is 1. The van der Waals surface area contributed by atoms with Crippen LogP contribution in [-0.4, -0.2) is 28.5 Å². The van der Waals surface area contributed by atoms with Gasteiger partial charge in [0, 0.05) is 17.0 Å². The first-order chi connectivity index (χ1) is 16.8. The summed E-state index contributed by atoms with van der Waals surface area (Å²) in [5.41, 5.74) is 3.32. The molecule has 192 valence electrons. The predicted octanol–water partition coefficient (Wildman–Crippen LogP) is 6.87. The summed E-state index contributed by atoms with van der Waals surface area (Å²) in [6, 6.07) is 16.1. The van der Waals surface area contributed by atoms with E-state index >= 15 is 0 Å². The summed E-state index contributed by atoms with van der Waals surface area (Å²) < 4.78 is 6.38. The van der Waals surface area contributed by atoms with E-state index < -0.39 is 5.97 Å². The number of thiophene rings is 1. The number of carboxylic acid groups (broad SMARTS) is 1. The van der Waals surface area contributed by atoms with Gasteiger partial charge in [-0.05, 0) is 47.1 Å². The van der Waals surface area contributed by atoms with E-state index in [0.717, 1.165) is 22.6 Å². The van der Waals surface area contributed by atoms with Gasteiger partial charge in [0.2, 0.25) is 0 Å². The van der Waals surface area contributed by atoms with Crippen LogP contribution in [0.3, 0.4) is 0 Å². The van der Waals surface area contributed by atoms with Gasteiger partial charge in [0.25, 0.3) is 5.91 Å². The molecular formula is C29H36N2O4S. The molecular weight excluding hydrogens is 472 g/mol. The Morgan fingerprint density at radius 1 is 1.00 bits per heavy atom. The minimum atomic E-state index is -0.942. The quantitative estimate of drug-likeness (QED) is 0.329. The number of hydrogen-bond donors (Lipinski definition) is 2. The summed E-state index contributed by atoms with van der Waals surface area (Å²) in [6.07, 6.45) is 2.15. The summed E-state index contributed by atoms with van der Waals surface area (Å²) in [5.74, 6) is -0.548.